The Bertz CT molecular complexity index is 346. The molecule has 1 aliphatic rings. The zero-order valence-electron chi connectivity index (χ0n) is 9.30. The second-order valence-electron chi connectivity index (χ2n) is 4.17. The van der Waals surface area contributed by atoms with E-state index in [1.165, 1.54) is 6.42 Å². The standard InChI is InChI=1S/C13H17NO2/c15-10-9-14(12-7-4-8-12)13(16)11-5-2-1-3-6-11/h1-3,5-6,12,15H,4,7-10H2. The van der Waals surface area contributed by atoms with Gasteiger partial charge < -0.3 is 10.0 Å². The lowest BCUT2D eigenvalue weighted by molar-refractivity contribution is 0.0526. The highest BCUT2D eigenvalue weighted by Gasteiger charge is 2.28. The summed E-state index contributed by atoms with van der Waals surface area (Å²) in [5.74, 6) is 0.0411. The third-order valence-corrected chi connectivity index (χ3v) is 3.14. The number of hydrogen-bond acceptors (Lipinski definition) is 2. The van der Waals surface area contributed by atoms with Crippen LogP contribution >= 0.6 is 0 Å². The van der Waals surface area contributed by atoms with Gasteiger partial charge in [0.1, 0.15) is 0 Å². The van der Waals surface area contributed by atoms with Gasteiger partial charge in [-0.2, -0.15) is 0 Å². The van der Waals surface area contributed by atoms with E-state index in [2.05, 4.69) is 0 Å². The number of carbonyl (C=O) groups is 1. The lowest BCUT2D eigenvalue weighted by Crippen LogP contribution is -2.45. The van der Waals surface area contributed by atoms with Crippen molar-refractivity contribution in [2.75, 3.05) is 13.2 Å². The molecule has 1 saturated carbocycles. The molecule has 1 amide bonds. The molecule has 0 aromatic heterocycles. The zero-order chi connectivity index (χ0) is 11.4. The molecule has 1 aliphatic carbocycles. The van der Waals surface area contributed by atoms with Crippen molar-refractivity contribution < 1.29 is 9.90 Å². The summed E-state index contributed by atoms with van der Waals surface area (Å²) in [6.45, 7) is 0.480. The zero-order valence-corrected chi connectivity index (χ0v) is 9.30. The van der Waals surface area contributed by atoms with Gasteiger partial charge in [-0.05, 0) is 31.4 Å². The second kappa shape index (κ2) is 5.12. The Hall–Kier alpha value is -1.35. The number of benzene rings is 1. The van der Waals surface area contributed by atoms with Crippen LogP contribution in [0.25, 0.3) is 0 Å². The number of amides is 1. The van der Waals surface area contributed by atoms with E-state index in [-0.39, 0.29) is 12.5 Å². The van der Waals surface area contributed by atoms with Crippen LogP contribution in [0, 0.1) is 0 Å². The molecule has 86 valence electrons. The maximum Gasteiger partial charge on any atom is 0.254 e. The largest absolute Gasteiger partial charge is 0.395 e. The first-order chi connectivity index (χ1) is 7.83. The van der Waals surface area contributed by atoms with Crippen molar-refractivity contribution >= 4 is 5.91 Å². The molecule has 2 rings (SSSR count). The quantitative estimate of drug-likeness (QED) is 0.837. The van der Waals surface area contributed by atoms with E-state index in [0.29, 0.717) is 18.2 Å². The van der Waals surface area contributed by atoms with Crippen LogP contribution in [0.1, 0.15) is 29.6 Å². The summed E-state index contributed by atoms with van der Waals surface area (Å²) < 4.78 is 0. The van der Waals surface area contributed by atoms with Crippen molar-refractivity contribution in [3.05, 3.63) is 35.9 Å². The van der Waals surface area contributed by atoms with Gasteiger partial charge in [-0.25, -0.2) is 0 Å². The molecule has 0 unspecified atom stereocenters. The fourth-order valence-electron chi connectivity index (χ4n) is 2.00. The Balaban J connectivity index is 2.10. The van der Waals surface area contributed by atoms with E-state index in [1.54, 1.807) is 4.90 Å². The van der Waals surface area contributed by atoms with Gasteiger partial charge in [0.15, 0.2) is 0 Å². The van der Waals surface area contributed by atoms with Crippen LogP contribution in [0.5, 0.6) is 0 Å². The lowest BCUT2D eigenvalue weighted by Gasteiger charge is -2.37. The van der Waals surface area contributed by atoms with Crippen LogP contribution in [0.2, 0.25) is 0 Å². The molecule has 0 aliphatic heterocycles. The molecule has 0 atom stereocenters. The van der Waals surface area contributed by atoms with Crippen molar-refractivity contribution in [3.63, 3.8) is 0 Å². The molecular formula is C13H17NO2. The first-order valence-electron chi connectivity index (χ1n) is 5.80. The first-order valence-corrected chi connectivity index (χ1v) is 5.80. The number of aliphatic hydroxyl groups excluding tert-OH is 1. The Labute approximate surface area is 95.7 Å². The topological polar surface area (TPSA) is 40.5 Å². The van der Waals surface area contributed by atoms with Gasteiger partial charge in [0, 0.05) is 18.2 Å². The molecule has 0 bridgehead atoms. The van der Waals surface area contributed by atoms with Gasteiger partial charge in [-0.15, -0.1) is 0 Å². The number of aliphatic hydroxyl groups is 1. The summed E-state index contributed by atoms with van der Waals surface area (Å²) in [5.41, 5.74) is 0.711. The number of hydrogen-bond donors (Lipinski definition) is 1. The molecule has 1 fully saturated rings. The van der Waals surface area contributed by atoms with Crippen LogP contribution in [-0.4, -0.2) is 35.1 Å². The number of nitrogens with zero attached hydrogens (tertiary/aromatic N) is 1. The van der Waals surface area contributed by atoms with E-state index in [4.69, 9.17) is 5.11 Å². The first kappa shape index (κ1) is 11.1. The molecule has 0 radical (unpaired) electrons. The molecule has 3 heteroatoms. The van der Waals surface area contributed by atoms with E-state index in [9.17, 15) is 4.79 Å². The van der Waals surface area contributed by atoms with Gasteiger partial charge in [0.05, 0.1) is 6.61 Å². The van der Waals surface area contributed by atoms with Gasteiger partial charge >= 0.3 is 0 Å². The minimum Gasteiger partial charge on any atom is -0.395 e. The van der Waals surface area contributed by atoms with Crippen molar-refractivity contribution in [1.82, 2.24) is 4.90 Å². The Kier molecular flexibility index (Phi) is 3.57. The molecule has 3 nitrogen and oxygen atoms in total. The molecule has 1 N–H and O–H groups in total. The van der Waals surface area contributed by atoms with Gasteiger partial charge in [-0.1, -0.05) is 18.2 Å². The predicted octanol–water partition coefficient (Wildman–Crippen LogP) is 1.67. The summed E-state index contributed by atoms with van der Waals surface area (Å²) in [6, 6.07) is 9.61. The SMILES string of the molecule is O=C(c1ccccc1)N(CCO)C1CCC1. The van der Waals surface area contributed by atoms with Crippen molar-refractivity contribution in [1.29, 1.82) is 0 Å². The maximum atomic E-state index is 12.2. The monoisotopic (exact) mass is 219 g/mol. The lowest BCUT2D eigenvalue weighted by atomic mass is 9.91. The van der Waals surface area contributed by atoms with E-state index in [1.807, 2.05) is 30.3 Å². The van der Waals surface area contributed by atoms with Crippen molar-refractivity contribution in [3.8, 4) is 0 Å². The third kappa shape index (κ3) is 2.25. The smallest absolute Gasteiger partial charge is 0.254 e. The average molecular weight is 219 g/mol. The third-order valence-electron chi connectivity index (χ3n) is 3.14. The summed E-state index contributed by atoms with van der Waals surface area (Å²) in [7, 11) is 0. The Morgan fingerprint density at radius 2 is 2.00 bits per heavy atom. The Morgan fingerprint density at radius 3 is 2.50 bits per heavy atom. The van der Waals surface area contributed by atoms with Crippen LogP contribution < -0.4 is 0 Å². The Morgan fingerprint density at radius 1 is 1.31 bits per heavy atom. The molecule has 0 spiro atoms. The van der Waals surface area contributed by atoms with Crippen LogP contribution in [0.3, 0.4) is 0 Å². The maximum absolute atomic E-state index is 12.2. The number of carbonyl (C=O) groups excluding carboxylic acids is 1. The van der Waals surface area contributed by atoms with E-state index >= 15 is 0 Å². The highest BCUT2D eigenvalue weighted by molar-refractivity contribution is 5.94. The molecule has 16 heavy (non-hydrogen) atoms. The molecule has 0 saturated heterocycles. The van der Waals surface area contributed by atoms with Crippen LogP contribution in [0.4, 0.5) is 0 Å². The summed E-state index contributed by atoms with van der Waals surface area (Å²) in [4.78, 5) is 14.0. The van der Waals surface area contributed by atoms with Crippen LogP contribution in [0.15, 0.2) is 30.3 Å². The number of rotatable bonds is 4. The van der Waals surface area contributed by atoms with Gasteiger partial charge in [0.25, 0.3) is 5.91 Å². The molecule has 1 aromatic rings. The minimum absolute atomic E-state index is 0.0368. The van der Waals surface area contributed by atoms with Gasteiger partial charge in [0.2, 0.25) is 0 Å². The molecule has 1 aromatic carbocycles. The molecule has 0 heterocycles. The summed E-state index contributed by atoms with van der Waals surface area (Å²) >= 11 is 0. The molecular weight excluding hydrogens is 202 g/mol. The minimum atomic E-state index is 0.0368. The van der Waals surface area contributed by atoms with Crippen molar-refractivity contribution in [2.45, 2.75) is 25.3 Å². The van der Waals surface area contributed by atoms with Crippen molar-refractivity contribution in [2.24, 2.45) is 0 Å². The highest BCUT2D eigenvalue weighted by Crippen LogP contribution is 2.25. The highest BCUT2D eigenvalue weighted by atomic mass is 16.3. The fraction of sp³-hybridized carbons (Fsp3) is 0.462. The van der Waals surface area contributed by atoms with Crippen LogP contribution in [-0.2, 0) is 0 Å². The second-order valence-corrected chi connectivity index (χ2v) is 4.17. The summed E-state index contributed by atoms with van der Waals surface area (Å²) in [6.07, 6.45) is 3.33. The van der Waals surface area contributed by atoms with Gasteiger partial charge in [-0.3, -0.25) is 4.79 Å². The normalized spacial score (nSPS) is 15.6. The average Bonchev–Trinajstić information content (AvgIpc) is 2.26. The van der Waals surface area contributed by atoms with E-state index < -0.39 is 0 Å². The van der Waals surface area contributed by atoms with E-state index in [0.717, 1.165) is 12.8 Å². The summed E-state index contributed by atoms with van der Waals surface area (Å²) in [5, 5.41) is 9.01. The predicted molar refractivity (Wildman–Crippen MR) is 62.2 cm³/mol. The fourth-order valence-corrected chi connectivity index (χ4v) is 2.00.